The lowest BCUT2D eigenvalue weighted by molar-refractivity contribution is -0.275. The Kier molecular flexibility index (Phi) is 12.5. The third kappa shape index (κ3) is 10.5. The van der Waals surface area contributed by atoms with Crippen molar-refractivity contribution in [2.45, 2.75) is 52.2 Å². The Bertz CT molecular complexity index is 2230. The highest BCUT2D eigenvalue weighted by Gasteiger charge is 2.36. The van der Waals surface area contributed by atoms with Crippen LogP contribution in [0.4, 0.5) is 48.3 Å². The van der Waals surface area contributed by atoms with Gasteiger partial charge in [0.15, 0.2) is 5.65 Å². The molecule has 6 rings (SSSR count). The molecule has 10 nitrogen and oxygen atoms in total. The Hall–Kier alpha value is -5.73. The average Bonchev–Trinajstić information content (AvgIpc) is 3.73. The number of rotatable bonds is 8. The molecule has 4 aromatic heterocycles. The van der Waals surface area contributed by atoms with Gasteiger partial charge in [0.2, 0.25) is 5.78 Å². The average molecular weight is 795 g/mol. The van der Waals surface area contributed by atoms with E-state index in [0.717, 1.165) is 40.2 Å². The molecule has 21 heteroatoms. The first kappa shape index (κ1) is 42.0. The van der Waals surface area contributed by atoms with Gasteiger partial charge in [0.25, 0.3) is 5.92 Å². The van der Waals surface area contributed by atoms with E-state index in [4.69, 9.17) is 9.47 Å². The number of halogens is 11. The number of aromatic nitrogens is 6. The quantitative estimate of drug-likeness (QED) is 0.141. The fourth-order valence-electron chi connectivity index (χ4n) is 4.96. The Morgan fingerprint density at radius 1 is 0.727 bits per heavy atom. The molecule has 4 heterocycles. The number of fused-ring (bicyclic) bond motifs is 2. The van der Waals surface area contributed by atoms with Crippen molar-refractivity contribution in [3.8, 4) is 39.6 Å². The van der Waals surface area contributed by atoms with Gasteiger partial charge >= 0.3 is 18.9 Å². The van der Waals surface area contributed by atoms with E-state index in [1.54, 1.807) is 0 Å². The summed E-state index contributed by atoms with van der Waals surface area (Å²) in [7, 11) is 2.59. The fraction of sp³-hybridized carbons (Fsp3) is 0.294. The normalized spacial score (nSPS) is 12.1. The molecular weight excluding hydrogens is 765 g/mol. The van der Waals surface area contributed by atoms with Gasteiger partial charge in [-0.05, 0) is 41.5 Å². The Balaban J connectivity index is 0.000000234. The number of benzene rings is 2. The zero-order chi connectivity index (χ0) is 40.9. The highest BCUT2D eigenvalue weighted by atomic mass is 19.4. The van der Waals surface area contributed by atoms with Crippen LogP contribution < -0.4 is 14.2 Å². The van der Waals surface area contributed by atoms with Gasteiger partial charge in [-0.1, -0.05) is 19.9 Å². The lowest BCUT2D eigenvalue weighted by Gasteiger charge is -2.14. The SMILES string of the molecule is CC.COCc1cc(OC(F)(F)F)ccc1-c1cnc2ncc(C(C)(F)F)n2c1.COc1cc(OC(F)(F)F)ccc1-c1ccn2ncc(C(F)(F)F)c2n1. The van der Waals surface area contributed by atoms with Crippen molar-refractivity contribution in [1.29, 1.82) is 0 Å². The molecule has 0 spiro atoms. The number of imidazole rings is 1. The van der Waals surface area contributed by atoms with Crippen LogP contribution in [-0.4, -0.2) is 55.9 Å². The lowest BCUT2D eigenvalue weighted by Crippen LogP contribution is -2.17. The molecule has 0 aliphatic rings. The second-order valence-corrected chi connectivity index (χ2v) is 10.9. The predicted molar refractivity (Wildman–Crippen MR) is 173 cm³/mol. The molecule has 0 radical (unpaired) electrons. The van der Waals surface area contributed by atoms with E-state index < -0.39 is 47.5 Å². The molecule has 0 saturated heterocycles. The van der Waals surface area contributed by atoms with E-state index in [9.17, 15) is 48.3 Å². The maximum atomic E-state index is 13.7. The first-order valence-corrected chi connectivity index (χ1v) is 15.6. The summed E-state index contributed by atoms with van der Waals surface area (Å²) >= 11 is 0. The maximum absolute atomic E-state index is 13.7. The first-order valence-electron chi connectivity index (χ1n) is 15.6. The van der Waals surface area contributed by atoms with Gasteiger partial charge in [-0.2, -0.15) is 27.1 Å². The zero-order valence-corrected chi connectivity index (χ0v) is 29.1. The van der Waals surface area contributed by atoms with Gasteiger partial charge in [-0.25, -0.2) is 19.5 Å². The minimum Gasteiger partial charge on any atom is -0.496 e. The number of hydrogen-bond acceptors (Lipinski definition) is 8. The van der Waals surface area contributed by atoms with Crippen LogP contribution in [0.5, 0.6) is 17.2 Å². The number of nitrogens with zero attached hydrogens (tertiary/aromatic N) is 6. The van der Waals surface area contributed by atoms with Gasteiger partial charge in [0.05, 0.1) is 31.8 Å². The van der Waals surface area contributed by atoms with Crippen LogP contribution in [0, 0.1) is 0 Å². The monoisotopic (exact) mass is 794 g/mol. The number of alkyl halides is 11. The number of ether oxygens (including phenoxy) is 4. The van der Waals surface area contributed by atoms with Gasteiger partial charge in [0.1, 0.15) is 28.5 Å². The molecule has 296 valence electrons. The maximum Gasteiger partial charge on any atom is 0.573 e. The van der Waals surface area contributed by atoms with Crippen LogP contribution in [-0.2, 0) is 23.4 Å². The van der Waals surface area contributed by atoms with Crippen LogP contribution in [0.3, 0.4) is 0 Å². The molecule has 0 bridgehead atoms. The van der Waals surface area contributed by atoms with Gasteiger partial charge in [-0.15, -0.1) is 26.3 Å². The smallest absolute Gasteiger partial charge is 0.496 e. The minimum absolute atomic E-state index is 0.0108. The summed E-state index contributed by atoms with van der Waals surface area (Å²) in [5.41, 5.74) is -0.292. The van der Waals surface area contributed by atoms with Crippen molar-refractivity contribution in [3.63, 3.8) is 0 Å². The van der Waals surface area contributed by atoms with Crippen molar-refractivity contribution >= 4 is 11.4 Å². The van der Waals surface area contributed by atoms with E-state index in [2.05, 4.69) is 29.5 Å². The standard InChI is InChI=1S/C17H14F5N3O2.C15H9F6N3O2.C2H6/c1-16(18,19)14-7-24-15-23-6-11(8-25(14)15)13-4-3-12(27-17(20,21)22)5-10(13)9-26-2;1-25-12-6-8(26-15(19,20)21)2-3-9(12)11-4-5-24-13(23-11)10(7-22-24)14(16,17)18;1-2/h3-8H,9H2,1-2H3;2-7H,1H3;1-2H3. The van der Waals surface area contributed by atoms with Gasteiger partial charge < -0.3 is 18.9 Å². The second-order valence-electron chi connectivity index (χ2n) is 10.9. The van der Waals surface area contributed by atoms with Crippen LogP contribution in [0.2, 0.25) is 0 Å². The minimum atomic E-state index is -4.89. The van der Waals surface area contributed by atoms with Crippen LogP contribution >= 0.6 is 0 Å². The largest absolute Gasteiger partial charge is 0.573 e. The molecule has 6 aromatic rings. The van der Waals surface area contributed by atoms with Crippen molar-refractivity contribution in [2.75, 3.05) is 14.2 Å². The van der Waals surface area contributed by atoms with Gasteiger partial charge in [-0.3, -0.25) is 4.40 Å². The van der Waals surface area contributed by atoms with Crippen LogP contribution in [0.15, 0.2) is 73.4 Å². The van der Waals surface area contributed by atoms with Crippen LogP contribution in [0.25, 0.3) is 33.8 Å². The molecule has 55 heavy (non-hydrogen) atoms. The van der Waals surface area contributed by atoms with E-state index in [1.807, 2.05) is 13.8 Å². The summed E-state index contributed by atoms with van der Waals surface area (Å²) in [6.45, 7) is 4.73. The first-order chi connectivity index (χ1) is 25.7. The van der Waals surface area contributed by atoms with E-state index in [1.165, 1.54) is 57.1 Å². The summed E-state index contributed by atoms with van der Waals surface area (Å²) in [5.74, 6) is -4.04. The fourth-order valence-corrected chi connectivity index (χ4v) is 4.96. The summed E-state index contributed by atoms with van der Waals surface area (Å²) in [6.07, 6.45) is -8.63. The zero-order valence-electron chi connectivity index (χ0n) is 29.1. The van der Waals surface area contributed by atoms with Crippen molar-refractivity contribution < 1.29 is 67.2 Å². The van der Waals surface area contributed by atoms with Crippen molar-refractivity contribution in [3.05, 3.63) is 90.3 Å². The van der Waals surface area contributed by atoms with E-state index in [-0.39, 0.29) is 35.1 Å². The molecule has 0 unspecified atom stereocenters. The number of methoxy groups -OCH3 is 2. The van der Waals surface area contributed by atoms with E-state index in [0.29, 0.717) is 22.9 Å². The lowest BCUT2D eigenvalue weighted by atomic mass is 10.0. The summed E-state index contributed by atoms with van der Waals surface area (Å²) in [6, 6.07) is 8.26. The molecular formula is C34H29F11N6O4. The summed E-state index contributed by atoms with van der Waals surface area (Å²) < 4.78 is 161. The van der Waals surface area contributed by atoms with Crippen molar-refractivity contribution in [2.24, 2.45) is 0 Å². The predicted octanol–water partition coefficient (Wildman–Crippen LogP) is 9.90. The Labute approximate surface area is 304 Å². The number of hydrogen-bond donors (Lipinski definition) is 0. The third-order valence-corrected chi connectivity index (χ3v) is 7.09. The second kappa shape index (κ2) is 16.3. The molecule has 0 aliphatic carbocycles. The molecule has 0 amide bonds. The Morgan fingerprint density at radius 2 is 1.33 bits per heavy atom. The molecule has 2 aromatic carbocycles. The topological polar surface area (TPSA) is 97.3 Å². The summed E-state index contributed by atoms with van der Waals surface area (Å²) in [4.78, 5) is 11.8. The summed E-state index contributed by atoms with van der Waals surface area (Å²) in [5, 5.41) is 3.57. The van der Waals surface area contributed by atoms with Crippen molar-refractivity contribution in [1.82, 2.24) is 29.0 Å². The molecule has 0 aliphatic heterocycles. The molecule has 0 saturated carbocycles. The third-order valence-electron chi connectivity index (χ3n) is 7.09. The van der Waals surface area contributed by atoms with Gasteiger partial charge in [0, 0.05) is 49.8 Å². The highest BCUT2D eigenvalue weighted by Crippen LogP contribution is 2.37. The van der Waals surface area contributed by atoms with E-state index >= 15 is 0 Å². The molecule has 0 atom stereocenters. The molecule has 0 fully saturated rings. The Morgan fingerprint density at radius 3 is 1.89 bits per heavy atom. The highest BCUT2D eigenvalue weighted by molar-refractivity contribution is 5.71. The van der Waals surface area contributed by atoms with Crippen LogP contribution in [0.1, 0.15) is 37.6 Å². The molecule has 0 N–H and O–H groups in total.